The van der Waals surface area contributed by atoms with E-state index in [2.05, 4.69) is 13.8 Å². The highest BCUT2D eigenvalue weighted by Gasteiger charge is 2.60. The van der Waals surface area contributed by atoms with Crippen LogP contribution in [0.2, 0.25) is 0 Å². The lowest BCUT2D eigenvalue weighted by Gasteiger charge is -2.59. The zero-order chi connectivity index (χ0) is 54.8. The Morgan fingerprint density at radius 3 is 1.42 bits per heavy atom. The molecule has 10 aliphatic rings. The molecule has 2 aliphatic heterocycles. The van der Waals surface area contributed by atoms with Crippen molar-refractivity contribution in [3.8, 4) is 0 Å². The lowest BCUT2D eigenvalue weighted by molar-refractivity contribution is -0.225. The number of cyclic esters (lactones) is 1. The van der Waals surface area contributed by atoms with E-state index < -0.39 is 39.5 Å². The standard InChI is InChI=1S/C17H28O2.C16H29NO4.C16H26O3.C10H16O4/c1-5-16(2,3)15(18)19-17(4)13-7-11-6-12(9-13)10-14(17)8-11;1-7-16(5,6)13(18)20-12-8-10-17(11-9-12)14(19)21-15(2,3)4;1-4-14(2,3)13(17)19-16-8-11-5-12(9-16)7-15(18,6-11)10-16;1-4-10(2,3)9(12)14-7-5-6-13-8(7)11/h11-14H,5-10H2,1-4H3;12H,7-11H2,1-6H3;11-12,18H,4-10H2,1-3H3;7H,4-6H2,1-3H3. The van der Waals surface area contributed by atoms with E-state index in [-0.39, 0.29) is 52.7 Å². The van der Waals surface area contributed by atoms with Crippen LogP contribution in [0.3, 0.4) is 0 Å². The van der Waals surface area contributed by atoms with Gasteiger partial charge >= 0.3 is 35.9 Å². The number of aliphatic hydroxyl groups is 1. The van der Waals surface area contributed by atoms with Crippen LogP contribution in [0.15, 0.2) is 0 Å². The molecule has 14 nitrogen and oxygen atoms in total. The van der Waals surface area contributed by atoms with Gasteiger partial charge in [0.1, 0.15) is 22.9 Å². The van der Waals surface area contributed by atoms with Gasteiger partial charge in [0.05, 0.1) is 33.9 Å². The van der Waals surface area contributed by atoms with Crippen LogP contribution in [-0.4, -0.2) is 100 Å². The van der Waals surface area contributed by atoms with E-state index in [9.17, 15) is 33.9 Å². The van der Waals surface area contributed by atoms with Crippen molar-refractivity contribution in [2.75, 3.05) is 19.7 Å². The Kier molecular flexibility index (Phi) is 19.1. The maximum absolute atomic E-state index is 12.5. The SMILES string of the molecule is CCC(C)(C)C(=O)OC1(C)C2CC3CC(C2)CC1C3.CCC(C)(C)C(=O)OC12CC3CC(CC(O)(C3)C1)C2.CCC(C)(C)C(=O)OC1CCN(C(=O)OC(C)(C)C)CC1.CCC(C)(C)C(=O)OC1CCOC1=O. The molecule has 0 spiro atoms. The van der Waals surface area contributed by atoms with Crippen LogP contribution in [0.4, 0.5) is 4.79 Å². The minimum absolute atomic E-state index is 0.0185. The van der Waals surface area contributed by atoms with Gasteiger partial charge in [0.25, 0.3) is 0 Å². The van der Waals surface area contributed by atoms with Gasteiger partial charge in [-0.1, -0.05) is 27.7 Å². The van der Waals surface area contributed by atoms with Gasteiger partial charge in [-0.2, -0.15) is 0 Å². The Labute approximate surface area is 439 Å². The Balaban J connectivity index is 0.000000182. The van der Waals surface area contributed by atoms with Crippen molar-refractivity contribution in [3.63, 3.8) is 0 Å². The lowest BCUT2D eigenvalue weighted by Crippen LogP contribution is -2.61. The first-order valence-corrected chi connectivity index (χ1v) is 28.4. The molecule has 10 fully saturated rings. The smallest absolute Gasteiger partial charge is 0.410 e. The minimum atomic E-state index is -0.687. The molecule has 8 saturated carbocycles. The van der Waals surface area contributed by atoms with Gasteiger partial charge in [0.2, 0.25) is 6.10 Å². The molecule has 3 unspecified atom stereocenters. The molecule has 418 valence electrons. The molecule has 0 aromatic rings. The number of amides is 1. The number of carbonyl (C=O) groups is 6. The second-order valence-electron chi connectivity index (χ2n) is 27.5. The van der Waals surface area contributed by atoms with Crippen molar-refractivity contribution < 1.29 is 62.3 Å². The highest BCUT2D eigenvalue weighted by Crippen LogP contribution is 2.61. The van der Waals surface area contributed by atoms with Crippen LogP contribution in [-0.2, 0) is 52.4 Å². The number of hydrogen-bond acceptors (Lipinski definition) is 13. The Morgan fingerprint density at radius 1 is 0.589 bits per heavy atom. The number of likely N-dealkylation sites (tertiary alicyclic amines) is 1. The number of esters is 5. The molecule has 0 aromatic heterocycles. The van der Waals surface area contributed by atoms with Gasteiger partial charge in [-0.05, 0) is 208 Å². The summed E-state index contributed by atoms with van der Waals surface area (Å²) in [6.07, 6.45) is 16.1. The molecule has 2 saturated heterocycles. The van der Waals surface area contributed by atoms with Crippen LogP contribution in [0.1, 0.15) is 226 Å². The monoisotopic (exact) mass is 1030 g/mol. The largest absolute Gasteiger partial charge is 0.463 e. The third kappa shape index (κ3) is 15.2. The molecule has 73 heavy (non-hydrogen) atoms. The first-order chi connectivity index (χ1) is 33.6. The summed E-state index contributed by atoms with van der Waals surface area (Å²) in [5.74, 6) is 3.25. The van der Waals surface area contributed by atoms with Crippen LogP contribution in [0, 0.1) is 57.2 Å². The number of carbonyl (C=O) groups excluding carboxylic acids is 6. The molecular weight excluding hydrogens is 931 g/mol. The first-order valence-electron chi connectivity index (χ1n) is 28.4. The molecule has 0 radical (unpaired) electrons. The van der Waals surface area contributed by atoms with Gasteiger partial charge in [-0.3, -0.25) is 19.2 Å². The molecule has 8 bridgehead atoms. The first kappa shape index (κ1) is 60.4. The van der Waals surface area contributed by atoms with Gasteiger partial charge in [-0.15, -0.1) is 0 Å². The van der Waals surface area contributed by atoms with E-state index in [4.69, 9.17) is 28.4 Å². The Morgan fingerprint density at radius 2 is 1.01 bits per heavy atom. The van der Waals surface area contributed by atoms with Gasteiger partial charge in [0.15, 0.2) is 0 Å². The van der Waals surface area contributed by atoms with Crippen molar-refractivity contribution in [3.05, 3.63) is 0 Å². The average molecular weight is 1030 g/mol. The summed E-state index contributed by atoms with van der Waals surface area (Å²) in [6.45, 7) is 32.6. The highest BCUT2D eigenvalue weighted by molar-refractivity contribution is 5.83. The normalized spacial score (nSPS) is 32.4. The van der Waals surface area contributed by atoms with Crippen LogP contribution < -0.4 is 0 Å². The van der Waals surface area contributed by atoms with Gasteiger partial charge in [-0.25, -0.2) is 9.59 Å². The Hall–Kier alpha value is -3.42. The number of ether oxygens (including phenoxy) is 6. The highest BCUT2D eigenvalue weighted by atomic mass is 16.6. The molecule has 1 amide bonds. The topological polar surface area (TPSA) is 181 Å². The summed E-state index contributed by atoms with van der Waals surface area (Å²) in [5.41, 5.74) is -3.28. The van der Waals surface area contributed by atoms with Gasteiger partial charge < -0.3 is 38.4 Å². The van der Waals surface area contributed by atoms with E-state index in [1.165, 1.54) is 38.5 Å². The molecular formula is C59H99NO13. The summed E-state index contributed by atoms with van der Waals surface area (Å²) < 4.78 is 32.8. The maximum atomic E-state index is 12.5. The fraction of sp³-hybridized carbons (Fsp3) is 0.898. The van der Waals surface area contributed by atoms with Crippen molar-refractivity contribution >= 4 is 35.9 Å². The summed E-state index contributed by atoms with van der Waals surface area (Å²) in [6, 6.07) is 0. The number of rotatable bonds is 12. The van der Waals surface area contributed by atoms with Crippen LogP contribution >= 0.6 is 0 Å². The molecule has 10 rings (SSSR count). The van der Waals surface area contributed by atoms with E-state index in [1.807, 2.05) is 83.1 Å². The number of nitrogens with zero attached hydrogens (tertiary/aromatic N) is 1. The fourth-order valence-corrected chi connectivity index (χ4v) is 12.5. The molecule has 8 aliphatic carbocycles. The predicted molar refractivity (Wildman–Crippen MR) is 279 cm³/mol. The summed E-state index contributed by atoms with van der Waals surface area (Å²) >= 11 is 0. The fourth-order valence-electron chi connectivity index (χ4n) is 12.5. The van der Waals surface area contributed by atoms with Crippen molar-refractivity contribution in [1.82, 2.24) is 4.90 Å². The van der Waals surface area contributed by atoms with Crippen LogP contribution in [0.5, 0.6) is 0 Å². The second-order valence-corrected chi connectivity index (χ2v) is 27.5. The zero-order valence-corrected chi connectivity index (χ0v) is 48.3. The van der Waals surface area contributed by atoms with E-state index in [0.29, 0.717) is 75.5 Å². The van der Waals surface area contributed by atoms with E-state index in [0.717, 1.165) is 56.8 Å². The molecule has 3 atom stereocenters. The van der Waals surface area contributed by atoms with Gasteiger partial charge in [0, 0.05) is 38.8 Å². The summed E-state index contributed by atoms with van der Waals surface area (Å²) in [7, 11) is 0. The summed E-state index contributed by atoms with van der Waals surface area (Å²) in [4.78, 5) is 73.1. The van der Waals surface area contributed by atoms with Crippen molar-refractivity contribution in [2.45, 2.75) is 261 Å². The zero-order valence-electron chi connectivity index (χ0n) is 48.3. The van der Waals surface area contributed by atoms with Crippen molar-refractivity contribution in [2.24, 2.45) is 57.2 Å². The third-order valence-corrected chi connectivity index (χ3v) is 18.6. The average Bonchev–Trinajstić information content (AvgIpc) is 3.70. The van der Waals surface area contributed by atoms with Crippen LogP contribution in [0.25, 0.3) is 0 Å². The van der Waals surface area contributed by atoms with E-state index >= 15 is 0 Å². The predicted octanol–water partition coefficient (Wildman–Crippen LogP) is 11.9. The molecule has 14 heteroatoms. The van der Waals surface area contributed by atoms with E-state index in [1.54, 1.807) is 18.7 Å². The number of hydrogen-bond donors (Lipinski definition) is 1. The quantitative estimate of drug-likeness (QED) is 0.144. The third-order valence-electron chi connectivity index (χ3n) is 18.6. The lowest BCUT2D eigenvalue weighted by atomic mass is 9.50. The maximum Gasteiger partial charge on any atom is 0.410 e. The second kappa shape index (κ2) is 23.0. The van der Waals surface area contributed by atoms with Crippen molar-refractivity contribution in [1.29, 1.82) is 0 Å². The number of piperidine rings is 1. The Bertz CT molecular complexity index is 1910. The molecule has 2 heterocycles. The minimum Gasteiger partial charge on any atom is -0.463 e. The molecule has 0 aromatic carbocycles. The molecule has 1 N–H and O–H groups in total. The summed E-state index contributed by atoms with van der Waals surface area (Å²) in [5, 5.41) is 10.6.